The van der Waals surface area contributed by atoms with Gasteiger partial charge in [-0.2, -0.15) is 0 Å². The number of carboxylic acid groups (broad SMARTS) is 1. The topological polar surface area (TPSA) is 111 Å². The highest BCUT2D eigenvalue weighted by Crippen LogP contribution is 2.38. The van der Waals surface area contributed by atoms with Crippen LogP contribution < -0.4 is 19.8 Å². The van der Waals surface area contributed by atoms with Crippen LogP contribution >= 0.6 is 11.3 Å². The smallest absolute Gasteiger partial charge is 0.346 e. The Morgan fingerprint density at radius 1 is 1.14 bits per heavy atom. The Bertz CT molecular complexity index is 1120. The fraction of sp³-hybridized carbons (Fsp3) is 0.211. The number of ether oxygens (including phenoxy) is 3. The molecule has 0 aliphatic rings. The lowest BCUT2D eigenvalue weighted by atomic mass is 10.1. The molecule has 3 aromatic rings. The molecule has 2 N–H and O–H groups in total. The first-order valence-corrected chi connectivity index (χ1v) is 8.96. The lowest BCUT2D eigenvalue weighted by Gasteiger charge is -2.12. The maximum atomic E-state index is 12.4. The van der Waals surface area contributed by atoms with Crippen molar-refractivity contribution in [3.63, 3.8) is 0 Å². The van der Waals surface area contributed by atoms with E-state index in [-0.39, 0.29) is 10.4 Å². The zero-order chi connectivity index (χ0) is 20.4. The number of aromatic nitrogens is 2. The first-order valence-electron chi connectivity index (χ1n) is 8.14. The number of nitrogens with one attached hydrogen (secondary N) is 1. The van der Waals surface area contributed by atoms with Crippen molar-refractivity contribution < 1.29 is 24.1 Å². The summed E-state index contributed by atoms with van der Waals surface area (Å²) in [5.41, 5.74) is 0.781. The van der Waals surface area contributed by atoms with Gasteiger partial charge in [-0.05, 0) is 36.3 Å². The van der Waals surface area contributed by atoms with Gasteiger partial charge in [0, 0.05) is 0 Å². The summed E-state index contributed by atoms with van der Waals surface area (Å²) in [7, 11) is 4.57. The molecular weight excluding hydrogens is 384 g/mol. The number of methoxy groups -OCH3 is 3. The number of fused-ring (bicyclic) bond motifs is 1. The van der Waals surface area contributed by atoms with Crippen molar-refractivity contribution in [2.75, 3.05) is 21.3 Å². The van der Waals surface area contributed by atoms with Crippen molar-refractivity contribution in [2.24, 2.45) is 0 Å². The number of carboxylic acids is 1. The molecule has 0 fully saturated rings. The number of carbonyl (C=O) groups is 1. The summed E-state index contributed by atoms with van der Waals surface area (Å²) >= 11 is 0.978. The molecule has 0 saturated heterocycles. The number of aromatic carboxylic acids is 1. The lowest BCUT2D eigenvalue weighted by Crippen LogP contribution is -2.09. The number of aromatic amines is 1. The average molecular weight is 402 g/mol. The normalized spacial score (nSPS) is 11.1. The minimum Gasteiger partial charge on any atom is -0.493 e. The van der Waals surface area contributed by atoms with Gasteiger partial charge in [-0.25, -0.2) is 9.78 Å². The molecule has 0 unspecified atom stereocenters. The lowest BCUT2D eigenvalue weighted by molar-refractivity contribution is 0.0701. The first kappa shape index (κ1) is 19.4. The summed E-state index contributed by atoms with van der Waals surface area (Å²) < 4.78 is 15.9. The summed E-state index contributed by atoms with van der Waals surface area (Å²) in [6.45, 7) is 1.60. The molecule has 0 bridgehead atoms. The van der Waals surface area contributed by atoms with Crippen molar-refractivity contribution in [3.8, 4) is 17.2 Å². The van der Waals surface area contributed by atoms with Crippen LogP contribution in [-0.4, -0.2) is 42.4 Å². The predicted molar refractivity (Wildman–Crippen MR) is 107 cm³/mol. The van der Waals surface area contributed by atoms with Crippen molar-refractivity contribution in [1.82, 2.24) is 9.97 Å². The maximum absolute atomic E-state index is 12.4. The minimum absolute atomic E-state index is 0.110. The number of hydrogen-bond acceptors (Lipinski definition) is 7. The van der Waals surface area contributed by atoms with E-state index in [0.717, 1.165) is 16.9 Å². The summed E-state index contributed by atoms with van der Waals surface area (Å²) in [6.07, 6.45) is 3.35. The van der Waals surface area contributed by atoms with Gasteiger partial charge in [0.05, 0.1) is 26.7 Å². The molecule has 2 heterocycles. The summed E-state index contributed by atoms with van der Waals surface area (Å²) in [5, 5.41) is 9.54. The largest absolute Gasteiger partial charge is 0.493 e. The van der Waals surface area contributed by atoms with Crippen LogP contribution in [0.2, 0.25) is 0 Å². The fourth-order valence-electron chi connectivity index (χ4n) is 2.82. The van der Waals surface area contributed by atoms with Gasteiger partial charge in [-0.15, -0.1) is 11.3 Å². The monoisotopic (exact) mass is 402 g/mol. The molecule has 0 saturated carbocycles. The molecule has 3 rings (SSSR count). The van der Waals surface area contributed by atoms with Crippen LogP contribution in [0.3, 0.4) is 0 Å². The highest BCUT2D eigenvalue weighted by Gasteiger charge is 2.18. The molecule has 146 valence electrons. The van der Waals surface area contributed by atoms with Gasteiger partial charge in [0.25, 0.3) is 5.56 Å². The quantitative estimate of drug-likeness (QED) is 0.651. The Morgan fingerprint density at radius 3 is 2.32 bits per heavy atom. The van der Waals surface area contributed by atoms with Crippen molar-refractivity contribution in [3.05, 3.63) is 44.3 Å². The summed E-state index contributed by atoms with van der Waals surface area (Å²) in [6, 6.07) is 3.51. The van der Waals surface area contributed by atoms with E-state index >= 15 is 0 Å². The molecule has 0 aliphatic heterocycles. The van der Waals surface area contributed by atoms with Gasteiger partial charge in [0.15, 0.2) is 11.5 Å². The zero-order valence-electron chi connectivity index (χ0n) is 15.7. The number of nitrogens with zero attached hydrogens (tertiary/aromatic N) is 1. The van der Waals surface area contributed by atoms with Gasteiger partial charge in [-0.1, -0.05) is 6.08 Å². The van der Waals surface area contributed by atoms with Crippen LogP contribution in [-0.2, 0) is 0 Å². The second-order valence-electron chi connectivity index (χ2n) is 5.78. The SMILES string of the molecule is COc1cc(/C=C/c2nc3sc(C(=O)O)c(C)c3c(=O)[nH]2)cc(OC)c1OC. The van der Waals surface area contributed by atoms with Gasteiger partial charge < -0.3 is 24.3 Å². The fourth-order valence-corrected chi connectivity index (χ4v) is 3.84. The number of thiophene rings is 1. The van der Waals surface area contributed by atoms with E-state index in [9.17, 15) is 14.7 Å². The predicted octanol–water partition coefficient (Wildman–Crippen LogP) is 3.19. The third kappa shape index (κ3) is 3.44. The van der Waals surface area contributed by atoms with Crippen LogP contribution in [0, 0.1) is 6.92 Å². The second kappa shape index (κ2) is 7.73. The van der Waals surface area contributed by atoms with Crippen LogP contribution in [0.1, 0.15) is 26.6 Å². The molecular formula is C19H18N2O6S. The van der Waals surface area contributed by atoms with E-state index in [1.54, 1.807) is 31.2 Å². The number of H-pyrrole nitrogens is 1. The number of benzene rings is 1. The Kier molecular flexibility index (Phi) is 5.36. The average Bonchev–Trinajstić information content (AvgIpc) is 3.02. The second-order valence-corrected chi connectivity index (χ2v) is 6.78. The highest BCUT2D eigenvalue weighted by atomic mass is 32.1. The Hall–Kier alpha value is -3.33. The third-order valence-electron chi connectivity index (χ3n) is 4.13. The Morgan fingerprint density at radius 2 is 1.79 bits per heavy atom. The maximum Gasteiger partial charge on any atom is 0.346 e. The van der Waals surface area contributed by atoms with Gasteiger partial charge >= 0.3 is 5.97 Å². The van der Waals surface area contributed by atoms with E-state index in [4.69, 9.17) is 14.2 Å². The molecule has 8 nitrogen and oxygen atoms in total. The Labute approximate surface area is 164 Å². The van der Waals surface area contributed by atoms with Crippen LogP contribution in [0.15, 0.2) is 16.9 Å². The third-order valence-corrected chi connectivity index (χ3v) is 5.31. The number of aryl methyl sites for hydroxylation is 1. The Balaban J connectivity index is 2.04. The standard InChI is InChI=1S/C19H18N2O6S/c1-9-14-17(22)20-13(21-18(14)28-16(9)19(23)24)6-5-10-7-11(25-2)15(27-4)12(8-10)26-3/h5-8H,1-4H3,(H,23,24)(H,20,21,22)/b6-5+. The number of hydrogen-bond donors (Lipinski definition) is 2. The van der Waals surface area contributed by atoms with E-state index in [2.05, 4.69) is 9.97 Å². The van der Waals surface area contributed by atoms with Crippen LogP contribution in [0.4, 0.5) is 0 Å². The summed E-state index contributed by atoms with van der Waals surface area (Å²) in [5.74, 6) is 0.709. The summed E-state index contributed by atoms with van der Waals surface area (Å²) in [4.78, 5) is 31.2. The number of rotatable bonds is 6. The molecule has 2 aromatic heterocycles. The van der Waals surface area contributed by atoms with Gasteiger partial charge in [0.1, 0.15) is 15.5 Å². The van der Waals surface area contributed by atoms with Crippen molar-refractivity contribution in [2.45, 2.75) is 6.92 Å². The van der Waals surface area contributed by atoms with E-state index in [1.807, 2.05) is 0 Å². The molecule has 1 aromatic carbocycles. The zero-order valence-corrected chi connectivity index (χ0v) is 16.5. The molecule has 9 heteroatoms. The van der Waals surface area contributed by atoms with Gasteiger partial charge in [0.2, 0.25) is 5.75 Å². The molecule has 0 amide bonds. The molecule has 0 aliphatic carbocycles. The molecule has 28 heavy (non-hydrogen) atoms. The van der Waals surface area contributed by atoms with E-state index < -0.39 is 5.97 Å². The molecule has 0 spiro atoms. The van der Waals surface area contributed by atoms with E-state index in [1.165, 1.54) is 21.3 Å². The van der Waals surface area contributed by atoms with Crippen LogP contribution in [0.5, 0.6) is 17.2 Å². The first-order chi connectivity index (χ1) is 13.4. The van der Waals surface area contributed by atoms with E-state index in [0.29, 0.717) is 38.9 Å². The molecule has 0 radical (unpaired) electrons. The van der Waals surface area contributed by atoms with Crippen molar-refractivity contribution >= 4 is 39.7 Å². The highest BCUT2D eigenvalue weighted by molar-refractivity contribution is 7.20. The van der Waals surface area contributed by atoms with Crippen molar-refractivity contribution in [1.29, 1.82) is 0 Å². The van der Waals surface area contributed by atoms with Crippen LogP contribution in [0.25, 0.3) is 22.4 Å². The van der Waals surface area contributed by atoms with Gasteiger partial charge in [-0.3, -0.25) is 4.79 Å². The molecule has 0 atom stereocenters. The minimum atomic E-state index is -1.07.